The number of pyridine rings is 2. The Morgan fingerprint density at radius 3 is 2.17 bits per heavy atom. The normalized spacial score (nSPS) is 10.3. The SMILES string of the molecule is CCNC(=O)c1ccc(-c2nnc(-c3ccccn3)nn2)nc1. The molecule has 0 saturated carbocycles. The van der Waals surface area contributed by atoms with Gasteiger partial charge in [-0.2, -0.15) is 0 Å². The van der Waals surface area contributed by atoms with Gasteiger partial charge in [0.15, 0.2) is 0 Å². The van der Waals surface area contributed by atoms with E-state index in [1.54, 1.807) is 30.5 Å². The molecule has 8 heteroatoms. The smallest absolute Gasteiger partial charge is 0.252 e. The summed E-state index contributed by atoms with van der Waals surface area (Å²) >= 11 is 0. The number of rotatable bonds is 4. The van der Waals surface area contributed by atoms with Crippen molar-refractivity contribution in [2.24, 2.45) is 0 Å². The lowest BCUT2D eigenvalue weighted by atomic mass is 10.2. The maximum absolute atomic E-state index is 11.7. The molecule has 0 spiro atoms. The number of carbonyl (C=O) groups is 1. The fourth-order valence-corrected chi connectivity index (χ4v) is 1.85. The fraction of sp³-hybridized carbons (Fsp3) is 0.133. The molecule has 0 atom stereocenters. The van der Waals surface area contributed by atoms with Gasteiger partial charge in [0.1, 0.15) is 11.4 Å². The number of hydrogen-bond acceptors (Lipinski definition) is 7. The van der Waals surface area contributed by atoms with Gasteiger partial charge in [-0.3, -0.25) is 14.8 Å². The number of nitrogens with zero attached hydrogens (tertiary/aromatic N) is 6. The quantitative estimate of drug-likeness (QED) is 0.770. The minimum atomic E-state index is -0.172. The van der Waals surface area contributed by atoms with Crippen molar-refractivity contribution in [2.75, 3.05) is 6.54 Å². The molecule has 3 aromatic rings. The number of aromatic nitrogens is 6. The maximum atomic E-state index is 11.7. The topological polar surface area (TPSA) is 106 Å². The molecule has 8 nitrogen and oxygen atoms in total. The molecule has 23 heavy (non-hydrogen) atoms. The summed E-state index contributed by atoms with van der Waals surface area (Å²) < 4.78 is 0. The molecule has 0 saturated heterocycles. The predicted molar refractivity (Wildman–Crippen MR) is 82.1 cm³/mol. The van der Waals surface area contributed by atoms with Gasteiger partial charge >= 0.3 is 0 Å². The van der Waals surface area contributed by atoms with Crippen LogP contribution in [0.25, 0.3) is 23.0 Å². The second kappa shape index (κ2) is 6.65. The van der Waals surface area contributed by atoms with Gasteiger partial charge in [-0.15, -0.1) is 20.4 Å². The highest BCUT2D eigenvalue weighted by Gasteiger charge is 2.10. The van der Waals surface area contributed by atoms with Crippen molar-refractivity contribution in [2.45, 2.75) is 6.92 Å². The van der Waals surface area contributed by atoms with E-state index in [0.29, 0.717) is 29.3 Å². The molecule has 3 rings (SSSR count). The molecule has 0 bridgehead atoms. The third-order valence-electron chi connectivity index (χ3n) is 2.96. The van der Waals surface area contributed by atoms with Crippen molar-refractivity contribution in [3.05, 3.63) is 48.3 Å². The van der Waals surface area contributed by atoms with E-state index >= 15 is 0 Å². The molecule has 0 aliphatic carbocycles. The van der Waals surface area contributed by atoms with E-state index in [9.17, 15) is 4.79 Å². The summed E-state index contributed by atoms with van der Waals surface area (Å²) in [6.45, 7) is 2.42. The van der Waals surface area contributed by atoms with Gasteiger partial charge in [-0.05, 0) is 31.2 Å². The van der Waals surface area contributed by atoms with E-state index in [1.165, 1.54) is 6.20 Å². The zero-order valence-electron chi connectivity index (χ0n) is 12.3. The van der Waals surface area contributed by atoms with Gasteiger partial charge in [0, 0.05) is 18.9 Å². The maximum Gasteiger partial charge on any atom is 0.252 e. The highest BCUT2D eigenvalue weighted by molar-refractivity contribution is 5.94. The van der Waals surface area contributed by atoms with Gasteiger partial charge in [0.05, 0.1) is 5.56 Å². The predicted octanol–water partition coefficient (Wildman–Crippen LogP) is 1.14. The fourth-order valence-electron chi connectivity index (χ4n) is 1.85. The largest absolute Gasteiger partial charge is 0.352 e. The average Bonchev–Trinajstić information content (AvgIpc) is 2.63. The van der Waals surface area contributed by atoms with Crippen LogP contribution in [0.15, 0.2) is 42.7 Å². The van der Waals surface area contributed by atoms with Crippen molar-refractivity contribution in [3.63, 3.8) is 0 Å². The van der Waals surface area contributed by atoms with Crippen LogP contribution in [0.5, 0.6) is 0 Å². The second-order valence-corrected chi connectivity index (χ2v) is 4.55. The van der Waals surface area contributed by atoms with Gasteiger partial charge < -0.3 is 5.32 Å². The molecule has 1 N–H and O–H groups in total. The van der Waals surface area contributed by atoms with Crippen LogP contribution in [-0.2, 0) is 0 Å². The van der Waals surface area contributed by atoms with E-state index < -0.39 is 0 Å². The van der Waals surface area contributed by atoms with Crippen LogP contribution in [0.3, 0.4) is 0 Å². The Balaban J connectivity index is 1.81. The van der Waals surface area contributed by atoms with Crippen LogP contribution in [0.2, 0.25) is 0 Å². The third-order valence-corrected chi connectivity index (χ3v) is 2.96. The molecular formula is C15H13N7O. The molecule has 0 aliphatic rings. The summed E-state index contributed by atoms with van der Waals surface area (Å²) in [7, 11) is 0. The number of hydrogen-bond donors (Lipinski definition) is 1. The Hall–Kier alpha value is -3.29. The molecule has 0 radical (unpaired) electrons. The monoisotopic (exact) mass is 307 g/mol. The molecule has 114 valence electrons. The Morgan fingerprint density at radius 2 is 1.65 bits per heavy atom. The Kier molecular flexibility index (Phi) is 4.23. The lowest BCUT2D eigenvalue weighted by Crippen LogP contribution is -2.22. The van der Waals surface area contributed by atoms with Crippen molar-refractivity contribution in [1.82, 2.24) is 35.7 Å². The van der Waals surface area contributed by atoms with E-state index in [4.69, 9.17) is 0 Å². The molecule has 0 aromatic carbocycles. The molecule has 3 heterocycles. The van der Waals surface area contributed by atoms with E-state index in [2.05, 4.69) is 35.7 Å². The molecule has 0 aliphatic heterocycles. The molecule has 1 amide bonds. The molecule has 3 aromatic heterocycles. The molecular weight excluding hydrogens is 294 g/mol. The third kappa shape index (κ3) is 3.31. The average molecular weight is 307 g/mol. The minimum Gasteiger partial charge on any atom is -0.352 e. The van der Waals surface area contributed by atoms with Crippen LogP contribution < -0.4 is 5.32 Å². The number of carbonyl (C=O) groups excluding carboxylic acids is 1. The van der Waals surface area contributed by atoms with E-state index in [-0.39, 0.29) is 11.7 Å². The Labute approximate surface area is 132 Å². The van der Waals surface area contributed by atoms with Gasteiger partial charge in [-0.25, -0.2) is 0 Å². The molecule has 0 fully saturated rings. The van der Waals surface area contributed by atoms with Crippen LogP contribution in [0, 0.1) is 0 Å². The van der Waals surface area contributed by atoms with Crippen molar-refractivity contribution < 1.29 is 4.79 Å². The zero-order chi connectivity index (χ0) is 16.1. The molecule has 0 unspecified atom stereocenters. The van der Waals surface area contributed by atoms with Gasteiger partial charge in [-0.1, -0.05) is 6.07 Å². The first kappa shape index (κ1) is 14.6. The first-order chi connectivity index (χ1) is 11.3. The second-order valence-electron chi connectivity index (χ2n) is 4.55. The lowest BCUT2D eigenvalue weighted by molar-refractivity contribution is 0.0955. The van der Waals surface area contributed by atoms with Crippen molar-refractivity contribution >= 4 is 5.91 Å². The summed E-state index contributed by atoms with van der Waals surface area (Å²) in [4.78, 5) is 20.0. The highest BCUT2D eigenvalue weighted by atomic mass is 16.1. The minimum absolute atomic E-state index is 0.172. The van der Waals surface area contributed by atoms with Crippen LogP contribution in [0.4, 0.5) is 0 Å². The van der Waals surface area contributed by atoms with Crippen LogP contribution >= 0.6 is 0 Å². The Bertz CT molecular complexity index is 788. The van der Waals surface area contributed by atoms with E-state index in [0.717, 1.165) is 0 Å². The number of nitrogens with one attached hydrogen (secondary N) is 1. The van der Waals surface area contributed by atoms with E-state index in [1.807, 2.05) is 13.0 Å². The van der Waals surface area contributed by atoms with Crippen LogP contribution in [-0.4, -0.2) is 42.8 Å². The summed E-state index contributed by atoms with van der Waals surface area (Å²) in [6, 6.07) is 8.73. The van der Waals surface area contributed by atoms with Crippen molar-refractivity contribution in [3.8, 4) is 23.0 Å². The van der Waals surface area contributed by atoms with Crippen LogP contribution in [0.1, 0.15) is 17.3 Å². The Morgan fingerprint density at radius 1 is 0.957 bits per heavy atom. The standard InChI is InChI=1S/C15H13N7O/c1-2-16-15(23)10-6-7-12(18-9-10)14-21-19-13(20-22-14)11-5-3-4-8-17-11/h3-9H,2H2,1H3,(H,16,23). The highest BCUT2D eigenvalue weighted by Crippen LogP contribution is 2.13. The zero-order valence-corrected chi connectivity index (χ0v) is 12.3. The first-order valence-electron chi connectivity index (χ1n) is 7.01. The van der Waals surface area contributed by atoms with Gasteiger partial charge in [0.25, 0.3) is 5.91 Å². The van der Waals surface area contributed by atoms with Gasteiger partial charge in [0.2, 0.25) is 11.6 Å². The number of amides is 1. The summed E-state index contributed by atoms with van der Waals surface area (Å²) in [5.41, 5.74) is 1.56. The van der Waals surface area contributed by atoms with Crippen molar-refractivity contribution in [1.29, 1.82) is 0 Å². The lowest BCUT2D eigenvalue weighted by Gasteiger charge is -2.03. The summed E-state index contributed by atoms with van der Waals surface area (Å²) in [5.74, 6) is 0.453. The summed E-state index contributed by atoms with van der Waals surface area (Å²) in [6.07, 6.45) is 3.12. The summed E-state index contributed by atoms with van der Waals surface area (Å²) in [5, 5.41) is 18.7. The first-order valence-corrected chi connectivity index (χ1v) is 7.01.